The number of anilines is 3. The zero-order chi connectivity index (χ0) is 27.5. The Morgan fingerprint density at radius 2 is 1.85 bits per heavy atom. The largest absolute Gasteiger partial charge is 0.481 e. The zero-order valence-corrected chi connectivity index (χ0v) is 22.2. The van der Waals surface area contributed by atoms with E-state index in [0.717, 1.165) is 33.9 Å². The Morgan fingerprint density at radius 1 is 1.08 bits per heavy atom. The maximum absolute atomic E-state index is 13.7. The highest BCUT2D eigenvalue weighted by Crippen LogP contribution is 2.36. The first kappa shape index (κ1) is 26.2. The Hall–Kier alpha value is -4.38. The van der Waals surface area contributed by atoms with Gasteiger partial charge < -0.3 is 25.5 Å². The molecule has 3 amide bonds. The normalized spacial score (nSPS) is 15.1. The minimum Gasteiger partial charge on any atom is -0.481 e. The maximum atomic E-state index is 13.7. The number of hydrogen-bond acceptors (Lipinski definition) is 6. The highest BCUT2D eigenvalue weighted by atomic mass is 16.4. The number of piperazine rings is 1. The maximum Gasteiger partial charge on any atom is 0.317 e. The number of rotatable bonds is 6. The summed E-state index contributed by atoms with van der Waals surface area (Å²) in [5.74, 6) is -0.0590. The van der Waals surface area contributed by atoms with Gasteiger partial charge in [0.1, 0.15) is 5.82 Å². The first-order valence-corrected chi connectivity index (χ1v) is 13.1. The lowest BCUT2D eigenvalue weighted by Gasteiger charge is -2.34. The second-order valence-electron chi connectivity index (χ2n) is 9.95. The topological polar surface area (TPSA) is 123 Å². The summed E-state index contributed by atoms with van der Waals surface area (Å²) < 4.78 is 1.77. The number of aromatic nitrogens is 2. The monoisotopic (exact) mass is 531 g/mol. The van der Waals surface area contributed by atoms with Crippen LogP contribution in [0.15, 0.2) is 48.7 Å². The highest BCUT2D eigenvalue weighted by molar-refractivity contribution is 6.08. The van der Waals surface area contributed by atoms with Crippen LogP contribution in [0.5, 0.6) is 0 Å². The summed E-state index contributed by atoms with van der Waals surface area (Å²) in [6, 6.07) is 13.2. The van der Waals surface area contributed by atoms with Crippen LogP contribution in [0.2, 0.25) is 0 Å². The Bertz CT molecular complexity index is 1390. The molecule has 2 aliphatic rings. The van der Waals surface area contributed by atoms with Crippen LogP contribution in [-0.2, 0) is 24.9 Å². The van der Waals surface area contributed by atoms with Crippen molar-refractivity contribution in [3.05, 3.63) is 70.9 Å². The summed E-state index contributed by atoms with van der Waals surface area (Å²) in [5.41, 5.74) is 5.00. The van der Waals surface area contributed by atoms with Gasteiger partial charge in [-0.05, 0) is 42.3 Å². The molecular formula is C28H33N7O4. The van der Waals surface area contributed by atoms with Gasteiger partial charge in [-0.25, -0.2) is 4.79 Å². The molecule has 5 rings (SSSR count). The summed E-state index contributed by atoms with van der Waals surface area (Å²) in [6.07, 6.45) is 1.89. The van der Waals surface area contributed by atoms with Crippen molar-refractivity contribution in [2.75, 3.05) is 42.9 Å². The second kappa shape index (κ2) is 11.2. The first-order valence-electron chi connectivity index (χ1n) is 13.1. The minimum absolute atomic E-state index is 0.107. The standard InChI is InChI=1S/C28H33N7O4/c1-19-15-20(7-8-21(19)16-29-28(39)34-13-11-33(12-14-34)10-9-25(36)37)27(38)35-18-22-17-30-32(2)26(22)31-23-5-3-4-6-24(23)35/h3-8,15,17,31H,9-14,16,18H2,1-2H3,(H,29,39)(H,36,37). The summed E-state index contributed by atoms with van der Waals surface area (Å²) in [7, 11) is 1.87. The van der Waals surface area contributed by atoms with E-state index in [2.05, 4.69) is 20.6 Å². The number of carboxylic acid groups (broad SMARTS) is 1. The van der Waals surface area contributed by atoms with Gasteiger partial charge in [0.25, 0.3) is 5.91 Å². The molecule has 1 aromatic heterocycles. The van der Waals surface area contributed by atoms with E-state index in [1.165, 1.54) is 0 Å². The van der Waals surface area contributed by atoms with Gasteiger partial charge in [0, 0.05) is 57.4 Å². The van der Waals surface area contributed by atoms with E-state index in [1.54, 1.807) is 20.7 Å². The number of fused-ring (bicyclic) bond motifs is 2. The molecule has 3 aromatic rings. The van der Waals surface area contributed by atoms with Crippen LogP contribution < -0.4 is 15.5 Å². The van der Waals surface area contributed by atoms with E-state index >= 15 is 0 Å². The average Bonchev–Trinajstić information content (AvgIpc) is 3.18. The van der Waals surface area contributed by atoms with Gasteiger partial charge in [0.15, 0.2) is 0 Å². The summed E-state index contributed by atoms with van der Waals surface area (Å²) >= 11 is 0. The number of aryl methyl sites for hydroxylation is 2. The third kappa shape index (κ3) is 5.73. The number of para-hydroxylation sites is 2. The quantitative estimate of drug-likeness (QED) is 0.447. The number of hydrogen-bond donors (Lipinski definition) is 3. The Labute approximate surface area is 227 Å². The predicted molar refractivity (Wildman–Crippen MR) is 147 cm³/mol. The van der Waals surface area contributed by atoms with Crippen LogP contribution in [0.25, 0.3) is 0 Å². The van der Waals surface area contributed by atoms with E-state index in [0.29, 0.717) is 51.4 Å². The Balaban J connectivity index is 1.23. The second-order valence-corrected chi connectivity index (χ2v) is 9.95. The zero-order valence-electron chi connectivity index (χ0n) is 22.2. The van der Waals surface area contributed by atoms with Gasteiger partial charge in [0.05, 0.1) is 30.5 Å². The van der Waals surface area contributed by atoms with Crippen LogP contribution in [0.1, 0.15) is 33.5 Å². The van der Waals surface area contributed by atoms with Crippen molar-refractivity contribution >= 4 is 35.1 Å². The molecule has 2 aliphatic heterocycles. The van der Waals surface area contributed by atoms with Crippen molar-refractivity contribution < 1.29 is 19.5 Å². The molecule has 1 fully saturated rings. The SMILES string of the molecule is Cc1cc(C(=O)N2Cc3cnn(C)c3Nc3ccccc32)ccc1CNC(=O)N1CCN(CCC(=O)O)CC1. The van der Waals surface area contributed by atoms with E-state index in [-0.39, 0.29) is 18.4 Å². The fourth-order valence-corrected chi connectivity index (χ4v) is 5.03. The van der Waals surface area contributed by atoms with Crippen molar-refractivity contribution in [2.24, 2.45) is 7.05 Å². The fraction of sp³-hybridized carbons (Fsp3) is 0.357. The number of benzene rings is 2. The number of nitrogens with zero attached hydrogens (tertiary/aromatic N) is 5. The van der Waals surface area contributed by atoms with Gasteiger partial charge in [-0.3, -0.25) is 19.2 Å². The van der Waals surface area contributed by atoms with E-state index in [1.807, 2.05) is 56.4 Å². The number of amides is 3. The van der Waals surface area contributed by atoms with Gasteiger partial charge in [0.2, 0.25) is 0 Å². The Kier molecular flexibility index (Phi) is 7.51. The van der Waals surface area contributed by atoms with E-state index in [9.17, 15) is 14.4 Å². The first-order chi connectivity index (χ1) is 18.8. The minimum atomic E-state index is -0.811. The lowest BCUT2D eigenvalue weighted by molar-refractivity contribution is -0.137. The van der Waals surface area contributed by atoms with Crippen LogP contribution in [0.3, 0.4) is 0 Å². The van der Waals surface area contributed by atoms with Gasteiger partial charge in [-0.1, -0.05) is 18.2 Å². The summed E-state index contributed by atoms with van der Waals surface area (Å²) in [6.45, 7) is 5.62. The van der Waals surface area contributed by atoms with E-state index < -0.39 is 5.97 Å². The number of carbonyl (C=O) groups excluding carboxylic acids is 2. The molecule has 2 aromatic carbocycles. The predicted octanol–water partition coefficient (Wildman–Crippen LogP) is 2.93. The molecule has 3 N–H and O–H groups in total. The molecule has 3 heterocycles. The van der Waals surface area contributed by atoms with Crippen LogP contribution >= 0.6 is 0 Å². The van der Waals surface area contributed by atoms with Crippen LogP contribution in [0.4, 0.5) is 22.0 Å². The van der Waals surface area contributed by atoms with Crippen LogP contribution in [-0.4, -0.2) is 75.3 Å². The van der Waals surface area contributed by atoms with Gasteiger partial charge >= 0.3 is 12.0 Å². The lowest BCUT2D eigenvalue weighted by atomic mass is 10.0. The van der Waals surface area contributed by atoms with Gasteiger partial charge in [-0.2, -0.15) is 5.10 Å². The van der Waals surface area contributed by atoms with Crippen molar-refractivity contribution in [2.45, 2.75) is 26.4 Å². The van der Waals surface area contributed by atoms with Crippen molar-refractivity contribution in [1.82, 2.24) is 24.9 Å². The molecule has 0 spiro atoms. The molecule has 0 unspecified atom stereocenters. The molecule has 0 bridgehead atoms. The van der Waals surface area contributed by atoms with Crippen molar-refractivity contribution in [3.8, 4) is 0 Å². The molecule has 0 aliphatic carbocycles. The third-order valence-electron chi connectivity index (χ3n) is 7.36. The van der Waals surface area contributed by atoms with Crippen molar-refractivity contribution in [1.29, 1.82) is 0 Å². The molecule has 204 valence electrons. The number of nitrogens with one attached hydrogen (secondary N) is 2. The van der Waals surface area contributed by atoms with Gasteiger partial charge in [-0.15, -0.1) is 0 Å². The van der Waals surface area contributed by atoms with Crippen LogP contribution in [0, 0.1) is 6.92 Å². The number of carbonyl (C=O) groups is 3. The van der Waals surface area contributed by atoms with E-state index in [4.69, 9.17) is 5.11 Å². The number of carboxylic acids is 1. The van der Waals surface area contributed by atoms with Crippen molar-refractivity contribution in [3.63, 3.8) is 0 Å². The molecule has 0 saturated carbocycles. The number of urea groups is 1. The summed E-state index contributed by atoms with van der Waals surface area (Å²) in [5, 5.41) is 19.6. The molecule has 1 saturated heterocycles. The molecule has 11 heteroatoms. The Morgan fingerprint density at radius 3 is 2.59 bits per heavy atom. The number of aliphatic carboxylic acids is 1. The molecule has 39 heavy (non-hydrogen) atoms. The fourth-order valence-electron chi connectivity index (χ4n) is 5.03. The summed E-state index contributed by atoms with van der Waals surface area (Å²) in [4.78, 5) is 42.8. The lowest BCUT2D eigenvalue weighted by Crippen LogP contribution is -2.51. The average molecular weight is 532 g/mol. The smallest absolute Gasteiger partial charge is 0.317 e. The molecule has 0 radical (unpaired) electrons. The molecule has 11 nitrogen and oxygen atoms in total. The molecule has 0 atom stereocenters. The third-order valence-corrected chi connectivity index (χ3v) is 7.36. The molecular weight excluding hydrogens is 498 g/mol. The highest BCUT2D eigenvalue weighted by Gasteiger charge is 2.27.